The molecule has 2 nitrogen and oxygen atoms in total. The molecular weight excluding hydrogens is 418 g/mol. The molecule has 0 aliphatic rings. The van der Waals surface area contributed by atoms with Crippen LogP contribution in [0.25, 0.3) is 0 Å². The van der Waals surface area contributed by atoms with Crippen molar-refractivity contribution in [2.75, 3.05) is 0 Å². The van der Waals surface area contributed by atoms with Gasteiger partial charge in [-0.05, 0) is 24.3 Å². The largest absolute Gasteiger partial charge is 0.573 e. The van der Waals surface area contributed by atoms with Crippen molar-refractivity contribution in [1.29, 1.82) is 0 Å². The van der Waals surface area contributed by atoms with Crippen molar-refractivity contribution in [2.24, 2.45) is 4.74 Å². The molecule has 31 heavy (non-hydrogen) atoms. The summed E-state index contributed by atoms with van der Waals surface area (Å²) in [6.45, 7) is 0. The van der Waals surface area contributed by atoms with Crippen LogP contribution in [0.2, 0.25) is 0 Å². The smallest absolute Gasteiger partial charge is 0.406 e. The number of hydrogen-bond acceptors (Lipinski definition) is 2. The predicted octanol–water partition coefficient (Wildman–Crippen LogP) is 6.39. The van der Waals surface area contributed by atoms with Gasteiger partial charge in [-0.1, -0.05) is 91.0 Å². The van der Waals surface area contributed by atoms with Gasteiger partial charge in [-0.2, -0.15) is 0 Å². The van der Waals surface area contributed by atoms with Crippen LogP contribution in [-0.2, 0) is 0 Å². The van der Waals surface area contributed by atoms with Crippen LogP contribution in [0.3, 0.4) is 0 Å². The van der Waals surface area contributed by atoms with Crippen molar-refractivity contribution in [3.05, 3.63) is 115 Å². The highest BCUT2D eigenvalue weighted by Crippen LogP contribution is 2.49. The number of halogens is 3. The number of nitrogens with zero attached hydrogens (tertiary/aromatic N) is 1. The van der Waals surface area contributed by atoms with E-state index in [1.165, 1.54) is 12.1 Å². The monoisotopic (exact) mass is 437 g/mol. The molecule has 0 saturated carbocycles. The SMILES string of the molecule is FC(F)(F)Oc1ccc(N=P(c2ccccc2)(c2ccccc2)c2ccccc2)cc1. The quantitative estimate of drug-likeness (QED) is 0.332. The fraction of sp³-hybridized carbons (Fsp3) is 0.0400. The van der Waals surface area contributed by atoms with Gasteiger partial charge in [0, 0.05) is 15.9 Å². The molecule has 0 radical (unpaired) electrons. The van der Waals surface area contributed by atoms with Crippen LogP contribution in [0.5, 0.6) is 5.75 Å². The van der Waals surface area contributed by atoms with Crippen LogP contribution in [0.1, 0.15) is 0 Å². The summed E-state index contributed by atoms with van der Waals surface area (Å²) in [4.78, 5) is 0. The summed E-state index contributed by atoms with van der Waals surface area (Å²) >= 11 is 0. The number of hydrogen-bond donors (Lipinski definition) is 0. The summed E-state index contributed by atoms with van der Waals surface area (Å²) in [5.74, 6) is -0.269. The van der Waals surface area contributed by atoms with Gasteiger partial charge in [0.05, 0.1) is 12.7 Å². The highest BCUT2D eigenvalue weighted by Gasteiger charge is 2.31. The second kappa shape index (κ2) is 8.83. The van der Waals surface area contributed by atoms with E-state index in [9.17, 15) is 13.2 Å². The zero-order valence-corrected chi connectivity index (χ0v) is 17.3. The van der Waals surface area contributed by atoms with Crippen LogP contribution in [0.4, 0.5) is 18.9 Å². The first kappa shape index (κ1) is 21.0. The maximum absolute atomic E-state index is 12.5. The van der Waals surface area contributed by atoms with Crippen molar-refractivity contribution >= 4 is 28.7 Å². The van der Waals surface area contributed by atoms with E-state index in [1.807, 2.05) is 54.6 Å². The Morgan fingerprint density at radius 1 is 0.548 bits per heavy atom. The van der Waals surface area contributed by atoms with Crippen molar-refractivity contribution in [3.8, 4) is 5.75 Å². The van der Waals surface area contributed by atoms with Gasteiger partial charge in [-0.15, -0.1) is 13.2 Å². The molecule has 0 N–H and O–H groups in total. The maximum Gasteiger partial charge on any atom is 0.573 e. The van der Waals surface area contributed by atoms with Gasteiger partial charge in [-0.25, -0.2) is 0 Å². The minimum Gasteiger partial charge on any atom is -0.406 e. The van der Waals surface area contributed by atoms with E-state index in [0.717, 1.165) is 15.9 Å². The highest BCUT2D eigenvalue weighted by atomic mass is 31.2. The molecule has 0 amide bonds. The first-order valence-corrected chi connectivity index (χ1v) is 11.4. The summed E-state index contributed by atoms with van der Waals surface area (Å²) in [7, 11) is -2.47. The normalized spacial score (nSPS) is 11.7. The summed E-state index contributed by atoms with van der Waals surface area (Å²) in [6.07, 6.45) is -4.73. The van der Waals surface area contributed by atoms with Gasteiger partial charge >= 0.3 is 6.36 Å². The lowest BCUT2D eigenvalue weighted by Crippen LogP contribution is -2.25. The van der Waals surface area contributed by atoms with Crippen LogP contribution in [-0.4, -0.2) is 6.36 Å². The molecule has 4 rings (SSSR count). The van der Waals surface area contributed by atoms with Crippen LogP contribution >= 0.6 is 7.05 Å². The third-order valence-electron chi connectivity index (χ3n) is 4.73. The standard InChI is InChI=1S/C25H19F3NOP/c26-25(27,28)30-21-18-16-20(17-19-21)29-31(22-10-4-1-5-11-22,23-12-6-2-7-13-23)24-14-8-3-9-15-24/h1-19H. The molecule has 156 valence electrons. The van der Waals surface area contributed by atoms with Gasteiger partial charge in [0.15, 0.2) is 0 Å². The summed E-state index contributed by atoms with van der Waals surface area (Å²) in [5, 5.41) is 3.18. The lowest BCUT2D eigenvalue weighted by Gasteiger charge is -2.27. The summed E-state index contributed by atoms with van der Waals surface area (Å²) < 4.78 is 46.8. The van der Waals surface area contributed by atoms with Crippen molar-refractivity contribution in [3.63, 3.8) is 0 Å². The van der Waals surface area contributed by atoms with Crippen molar-refractivity contribution < 1.29 is 17.9 Å². The Morgan fingerprint density at radius 2 is 0.935 bits per heavy atom. The number of rotatable bonds is 5. The third kappa shape index (κ3) is 4.73. The molecule has 0 fully saturated rings. The molecule has 0 saturated heterocycles. The van der Waals surface area contributed by atoms with Gasteiger partial charge in [0.1, 0.15) is 5.75 Å². The van der Waals surface area contributed by atoms with Gasteiger partial charge < -0.3 is 4.74 Å². The fourth-order valence-electron chi connectivity index (χ4n) is 3.44. The molecule has 0 aliphatic heterocycles. The van der Waals surface area contributed by atoms with Gasteiger partial charge in [0.25, 0.3) is 0 Å². The van der Waals surface area contributed by atoms with Gasteiger partial charge in [0.2, 0.25) is 0 Å². The van der Waals surface area contributed by atoms with E-state index in [-0.39, 0.29) is 5.75 Å². The van der Waals surface area contributed by atoms with Crippen LogP contribution < -0.4 is 20.7 Å². The molecule has 0 spiro atoms. The lowest BCUT2D eigenvalue weighted by molar-refractivity contribution is -0.274. The van der Waals surface area contributed by atoms with Crippen molar-refractivity contribution in [2.45, 2.75) is 6.36 Å². The molecule has 4 aromatic carbocycles. The van der Waals surface area contributed by atoms with E-state index in [2.05, 4.69) is 41.1 Å². The van der Waals surface area contributed by atoms with E-state index >= 15 is 0 Å². The third-order valence-corrected chi connectivity index (χ3v) is 8.39. The molecular formula is C25H19F3NOP. The van der Waals surface area contributed by atoms with E-state index in [1.54, 1.807) is 12.1 Å². The summed E-state index contributed by atoms with van der Waals surface area (Å²) in [5.41, 5.74) is 0.583. The Labute approximate surface area is 179 Å². The molecule has 6 heteroatoms. The van der Waals surface area contributed by atoms with E-state index in [0.29, 0.717) is 5.69 Å². The number of benzene rings is 4. The molecule has 0 heterocycles. The van der Waals surface area contributed by atoms with Crippen molar-refractivity contribution in [1.82, 2.24) is 0 Å². The average Bonchev–Trinajstić information content (AvgIpc) is 2.79. The molecule has 0 aliphatic carbocycles. The molecule has 0 unspecified atom stereocenters. The zero-order valence-electron chi connectivity index (χ0n) is 16.4. The number of alkyl halides is 3. The van der Waals surface area contributed by atoms with E-state index < -0.39 is 13.4 Å². The Hall–Kier alpha value is -3.30. The van der Waals surface area contributed by atoms with Crippen LogP contribution in [0, 0.1) is 0 Å². The van der Waals surface area contributed by atoms with Gasteiger partial charge in [-0.3, -0.25) is 4.74 Å². The maximum atomic E-state index is 12.5. The Bertz CT molecular complexity index is 1070. The molecule has 0 aromatic heterocycles. The first-order valence-electron chi connectivity index (χ1n) is 9.62. The Morgan fingerprint density at radius 3 is 1.29 bits per heavy atom. The fourth-order valence-corrected chi connectivity index (χ4v) is 6.97. The predicted molar refractivity (Wildman–Crippen MR) is 120 cm³/mol. The van der Waals surface area contributed by atoms with E-state index in [4.69, 9.17) is 4.74 Å². The average molecular weight is 437 g/mol. The molecule has 4 aromatic rings. The second-order valence-electron chi connectivity index (χ2n) is 6.78. The number of ether oxygens (including phenoxy) is 1. The Balaban J connectivity index is 1.96. The topological polar surface area (TPSA) is 21.6 Å². The Kier molecular flexibility index (Phi) is 5.97. The molecule has 0 bridgehead atoms. The minimum atomic E-state index is -4.73. The second-order valence-corrected chi connectivity index (χ2v) is 9.80. The zero-order chi connectivity index (χ0) is 21.7. The lowest BCUT2D eigenvalue weighted by atomic mass is 10.3. The first-order chi connectivity index (χ1) is 15.0. The molecule has 0 atom stereocenters. The van der Waals surface area contributed by atoms with Crippen LogP contribution in [0.15, 0.2) is 120 Å². The highest BCUT2D eigenvalue weighted by molar-refractivity contribution is 7.87. The minimum absolute atomic E-state index is 0.269. The summed E-state index contributed by atoms with van der Waals surface area (Å²) in [6, 6.07) is 35.8.